The van der Waals surface area contributed by atoms with Crippen molar-refractivity contribution in [3.63, 3.8) is 0 Å². The van der Waals surface area contributed by atoms with Gasteiger partial charge < -0.3 is 4.90 Å². The lowest BCUT2D eigenvalue weighted by molar-refractivity contribution is -0.384. The zero-order chi connectivity index (χ0) is 15.9. The van der Waals surface area contributed by atoms with Gasteiger partial charge in [-0.3, -0.25) is 24.6 Å². The van der Waals surface area contributed by atoms with Gasteiger partial charge in [-0.1, -0.05) is 6.92 Å². The normalized spacial score (nSPS) is 19.6. The number of hydrogen-bond acceptors (Lipinski definition) is 5. The molecule has 1 aromatic rings. The number of imide groups is 1. The molecular weight excluding hydrogens is 286 g/mol. The van der Waals surface area contributed by atoms with Gasteiger partial charge in [-0.05, 0) is 25.5 Å². The first-order chi connectivity index (χ1) is 10.5. The van der Waals surface area contributed by atoms with Crippen molar-refractivity contribution in [2.75, 3.05) is 19.6 Å². The minimum atomic E-state index is -0.555. The lowest BCUT2D eigenvalue weighted by Gasteiger charge is -2.35. The van der Waals surface area contributed by atoms with Crippen LogP contribution in [0.3, 0.4) is 0 Å². The van der Waals surface area contributed by atoms with Crippen LogP contribution in [-0.2, 0) is 0 Å². The van der Waals surface area contributed by atoms with Crippen LogP contribution in [0.2, 0.25) is 0 Å². The summed E-state index contributed by atoms with van der Waals surface area (Å²) in [5.74, 6) is -0.733. The Kier molecular flexibility index (Phi) is 3.66. The number of carbonyl (C=O) groups excluding carboxylic acids is 2. The highest BCUT2D eigenvalue weighted by Crippen LogP contribution is 2.30. The third kappa shape index (κ3) is 2.27. The Morgan fingerprint density at radius 1 is 1.18 bits per heavy atom. The van der Waals surface area contributed by atoms with Crippen molar-refractivity contribution in [2.45, 2.75) is 25.8 Å². The van der Waals surface area contributed by atoms with Crippen LogP contribution in [0.4, 0.5) is 5.69 Å². The molecule has 0 aromatic heterocycles. The number of nitro benzene ring substituents is 1. The van der Waals surface area contributed by atoms with Crippen LogP contribution in [0.15, 0.2) is 18.2 Å². The smallest absolute Gasteiger partial charge is 0.270 e. The molecule has 0 N–H and O–H groups in total. The fourth-order valence-electron chi connectivity index (χ4n) is 3.19. The summed E-state index contributed by atoms with van der Waals surface area (Å²) in [7, 11) is 0. The topological polar surface area (TPSA) is 83.8 Å². The molecule has 7 nitrogen and oxygen atoms in total. The molecule has 0 bridgehead atoms. The molecule has 0 radical (unpaired) electrons. The molecule has 0 spiro atoms. The highest BCUT2D eigenvalue weighted by atomic mass is 16.6. The quantitative estimate of drug-likeness (QED) is 0.482. The van der Waals surface area contributed by atoms with E-state index in [0.29, 0.717) is 0 Å². The Balaban J connectivity index is 1.86. The first kappa shape index (κ1) is 14.6. The molecule has 0 saturated carbocycles. The van der Waals surface area contributed by atoms with Crippen LogP contribution >= 0.6 is 0 Å². The van der Waals surface area contributed by atoms with Crippen LogP contribution in [0.1, 0.15) is 40.5 Å². The average Bonchev–Trinajstić information content (AvgIpc) is 2.78. The number of hydrogen-bond donors (Lipinski definition) is 0. The molecule has 1 fully saturated rings. The number of nitro groups is 1. The number of benzene rings is 1. The van der Waals surface area contributed by atoms with Gasteiger partial charge in [-0.15, -0.1) is 0 Å². The lowest BCUT2D eigenvalue weighted by atomic mass is 10.0. The summed E-state index contributed by atoms with van der Waals surface area (Å²) < 4.78 is 0. The predicted octanol–water partition coefficient (Wildman–Crippen LogP) is 1.68. The number of non-ortho nitro benzene ring substituents is 1. The first-order valence-corrected chi connectivity index (χ1v) is 7.41. The number of fused-ring (bicyclic) bond motifs is 1. The van der Waals surface area contributed by atoms with Crippen LogP contribution < -0.4 is 0 Å². The Bertz CT molecular complexity index is 650. The molecule has 0 aliphatic carbocycles. The van der Waals surface area contributed by atoms with Crippen molar-refractivity contribution in [1.82, 2.24) is 9.80 Å². The van der Waals surface area contributed by atoms with E-state index in [1.807, 2.05) is 0 Å². The fourth-order valence-corrected chi connectivity index (χ4v) is 3.19. The molecular formula is C15H17N3O4. The van der Waals surface area contributed by atoms with E-state index in [9.17, 15) is 19.7 Å². The minimum Gasteiger partial charge on any atom is -0.303 e. The van der Waals surface area contributed by atoms with Crippen molar-refractivity contribution < 1.29 is 14.5 Å². The third-order valence-electron chi connectivity index (χ3n) is 4.48. The number of carbonyl (C=O) groups is 2. The summed E-state index contributed by atoms with van der Waals surface area (Å²) in [6, 6.07) is 3.74. The second-order valence-electron chi connectivity index (χ2n) is 5.63. The van der Waals surface area contributed by atoms with E-state index in [4.69, 9.17) is 0 Å². The van der Waals surface area contributed by atoms with Crippen LogP contribution in [0.25, 0.3) is 0 Å². The van der Waals surface area contributed by atoms with E-state index >= 15 is 0 Å². The molecule has 2 heterocycles. The molecule has 7 heteroatoms. The van der Waals surface area contributed by atoms with E-state index < -0.39 is 10.8 Å². The second kappa shape index (κ2) is 5.49. The lowest BCUT2D eigenvalue weighted by Crippen LogP contribution is -2.47. The molecule has 2 aliphatic rings. The molecule has 0 unspecified atom stereocenters. The van der Waals surface area contributed by atoms with Crippen LogP contribution in [0, 0.1) is 10.1 Å². The summed E-state index contributed by atoms with van der Waals surface area (Å²) >= 11 is 0. The number of rotatable bonds is 3. The monoisotopic (exact) mass is 303 g/mol. The molecule has 0 atom stereocenters. The molecule has 1 saturated heterocycles. The van der Waals surface area contributed by atoms with Gasteiger partial charge in [0.25, 0.3) is 17.5 Å². The molecule has 2 amide bonds. The van der Waals surface area contributed by atoms with Gasteiger partial charge in [0.1, 0.15) is 0 Å². The van der Waals surface area contributed by atoms with Gasteiger partial charge in [0, 0.05) is 31.3 Å². The Morgan fingerprint density at radius 2 is 1.82 bits per heavy atom. The average molecular weight is 303 g/mol. The molecule has 116 valence electrons. The standard InChI is InChI=1S/C15H17N3O4/c1-2-16-7-5-10(6-8-16)17-14(19)12-4-3-11(18(21)22)9-13(12)15(17)20/h3-4,9-10H,2,5-8H2,1H3. The second-order valence-corrected chi connectivity index (χ2v) is 5.63. The van der Waals surface area contributed by atoms with E-state index in [-0.39, 0.29) is 28.8 Å². The summed E-state index contributed by atoms with van der Waals surface area (Å²) in [6.07, 6.45) is 1.50. The summed E-state index contributed by atoms with van der Waals surface area (Å²) in [5.41, 5.74) is 0.258. The van der Waals surface area contributed by atoms with Gasteiger partial charge in [0.05, 0.1) is 16.1 Å². The maximum atomic E-state index is 12.5. The molecule has 3 rings (SSSR count). The van der Waals surface area contributed by atoms with Crippen LogP contribution in [-0.4, -0.2) is 52.2 Å². The van der Waals surface area contributed by atoms with Crippen LogP contribution in [0.5, 0.6) is 0 Å². The van der Waals surface area contributed by atoms with E-state index in [1.165, 1.54) is 23.1 Å². The number of likely N-dealkylation sites (tertiary alicyclic amines) is 1. The van der Waals surface area contributed by atoms with Crippen molar-refractivity contribution in [1.29, 1.82) is 0 Å². The van der Waals surface area contributed by atoms with Crippen molar-refractivity contribution >= 4 is 17.5 Å². The highest BCUT2D eigenvalue weighted by Gasteiger charge is 2.41. The van der Waals surface area contributed by atoms with E-state index in [1.54, 1.807) is 0 Å². The molecule has 1 aromatic carbocycles. The Hall–Kier alpha value is -2.28. The van der Waals surface area contributed by atoms with Gasteiger partial charge in [-0.2, -0.15) is 0 Å². The third-order valence-corrected chi connectivity index (χ3v) is 4.48. The van der Waals surface area contributed by atoms with Gasteiger partial charge in [0.15, 0.2) is 0 Å². The summed E-state index contributed by atoms with van der Waals surface area (Å²) in [5, 5.41) is 10.8. The van der Waals surface area contributed by atoms with Crippen molar-refractivity contribution in [2.24, 2.45) is 0 Å². The van der Waals surface area contributed by atoms with Gasteiger partial charge in [0.2, 0.25) is 0 Å². The fraction of sp³-hybridized carbons (Fsp3) is 0.467. The Morgan fingerprint density at radius 3 is 2.41 bits per heavy atom. The molecule has 22 heavy (non-hydrogen) atoms. The maximum Gasteiger partial charge on any atom is 0.270 e. The van der Waals surface area contributed by atoms with Crippen molar-refractivity contribution in [3.8, 4) is 0 Å². The SMILES string of the molecule is CCN1CCC(N2C(=O)c3ccc([N+](=O)[O-])cc3C2=O)CC1. The van der Waals surface area contributed by atoms with E-state index in [2.05, 4.69) is 11.8 Å². The summed E-state index contributed by atoms with van der Waals surface area (Å²) in [6.45, 7) is 4.76. The minimum absolute atomic E-state index is 0.116. The van der Waals surface area contributed by atoms with Gasteiger partial charge in [-0.25, -0.2) is 0 Å². The largest absolute Gasteiger partial charge is 0.303 e. The number of nitrogens with zero attached hydrogens (tertiary/aromatic N) is 3. The first-order valence-electron chi connectivity index (χ1n) is 7.41. The Labute approximate surface area is 127 Å². The number of piperidine rings is 1. The van der Waals surface area contributed by atoms with E-state index in [0.717, 1.165) is 32.5 Å². The zero-order valence-corrected chi connectivity index (χ0v) is 12.3. The highest BCUT2D eigenvalue weighted by molar-refractivity contribution is 6.21. The number of amides is 2. The predicted molar refractivity (Wildman–Crippen MR) is 78.7 cm³/mol. The zero-order valence-electron chi connectivity index (χ0n) is 12.3. The molecule has 2 aliphatic heterocycles. The van der Waals surface area contributed by atoms with Gasteiger partial charge >= 0.3 is 0 Å². The van der Waals surface area contributed by atoms with Crippen molar-refractivity contribution in [3.05, 3.63) is 39.4 Å². The summed E-state index contributed by atoms with van der Waals surface area (Å²) in [4.78, 5) is 38.8. The maximum absolute atomic E-state index is 12.5.